The Morgan fingerprint density at radius 1 is 1.14 bits per heavy atom. The molecule has 3 amide bonds. The number of nitrogens with zero attached hydrogens (tertiary/aromatic N) is 1. The van der Waals surface area contributed by atoms with E-state index < -0.39 is 50.5 Å². The van der Waals surface area contributed by atoms with Gasteiger partial charge in [0.25, 0.3) is 0 Å². The Balaban J connectivity index is 2.01. The largest absolute Gasteiger partial charge is 0.417 e. The Labute approximate surface area is 215 Å². The van der Waals surface area contributed by atoms with Crippen molar-refractivity contribution in [1.29, 1.82) is 0 Å². The quantitative estimate of drug-likeness (QED) is 0.281. The van der Waals surface area contributed by atoms with Crippen molar-refractivity contribution in [2.24, 2.45) is 11.7 Å². The second kappa shape index (κ2) is 13.5. The molecule has 1 aliphatic carbocycles. The molecular formula is C24H36F4N4O4S. The minimum Gasteiger partial charge on any atom is -0.335 e. The molecule has 2 rings (SSSR count). The van der Waals surface area contributed by atoms with Crippen LogP contribution in [-0.2, 0) is 21.0 Å². The number of nitrogens with two attached hydrogens (primary N) is 1. The maximum atomic E-state index is 13.3. The third-order valence-electron chi connectivity index (χ3n) is 6.12. The van der Waals surface area contributed by atoms with Crippen molar-refractivity contribution in [2.75, 3.05) is 13.1 Å². The smallest absolute Gasteiger partial charge is 0.335 e. The molecule has 0 bridgehead atoms. The number of halogens is 4. The van der Waals surface area contributed by atoms with Gasteiger partial charge in [0, 0.05) is 19.1 Å². The Hall–Kier alpha value is -2.25. The van der Waals surface area contributed by atoms with E-state index in [1.807, 2.05) is 13.8 Å². The van der Waals surface area contributed by atoms with Crippen LogP contribution >= 0.6 is 0 Å². The number of rotatable bonds is 11. The summed E-state index contributed by atoms with van der Waals surface area (Å²) in [4.78, 5) is 25.8. The molecule has 1 aliphatic rings. The van der Waals surface area contributed by atoms with Crippen LogP contribution in [0.4, 0.5) is 22.4 Å². The van der Waals surface area contributed by atoms with E-state index in [0.717, 1.165) is 37.0 Å². The van der Waals surface area contributed by atoms with Gasteiger partial charge in [0.1, 0.15) is 5.82 Å². The van der Waals surface area contributed by atoms with Gasteiger partial charge in [-0.05, 0) is 56.2 Å². The summed E-state index contributed by atoms with van der Waals surface area (Å²) in [6, 6.07) is -0.148. The number of nitrogens with one attached hydrogen (secondary N) is 2. The Kier molecular flexibility index (Phi) is 11.3. The van der Waals surface area contributed by atoms with E-state index in [9.17, 15) is 35.6 Å². The highest BCUT2D eigenvalue weighted by atomic mass is 32.2. The van der Waals surface area contributed by atoms with E-state index >= 15 is 0 Å². The number of hydrogen-bond acceptors (Lipinski definition) is 5. The summed E-state index contributed by atoms with van der Waals surface area (Å²) in [7, 11) is -4.59. The fraction of sp³-hybridized carbons (Fsp3) is 0.667. The number of urea groups is 1. The fourth-order valence-electron chi connectivity index (χ4n) is 4.26. The molecule has 1 aromatic rings. The highest BCUT2D eigenvalue weighted by molar-refractivity contribution is 7.89. The molecule has 1 fully saturated rings. The van der Waals surface area contributed by atoms with E-state index in [-0.39, 0.29) is 44.0 Å². The average molecular weight is 553 g/mol. The molecule has 8 nitrogen and oxygen atoms in total. The molecule has 0 aromatic heterocycles. The summed E-state index contributed by atoms with van der Waals surface area (Å²) < 4.78 is 79.9. The molecule has 0 aliphatic heterocycles. The van der Waals surface area contributed by atoms with Gasteiger partial charge in [-0.15, -0.1) is 0 Å². The summed E-state index contributed by atoms with van der Waals surface area (Å²) in [5.74, 6) is -1.62. The zero-order chi connectivity index (χ0) is 27.8. The number of amides is 3. The Bertz CT molecular complexity index is 1030. The Morgan fingerprint density at radius 3 is 2.38 bits per heavy atom. The topological polar surface area (TPSA) is 122 Å². The summed E-state index contributed by atoms with van der Waals surface area (Å²) >= 11 is 0. The van der Waals surface area contributed by atoms with Crippen molar-refractivity contribution in [3.05, 3.63) is 29.6 Å². The van der Waals surface area contributed by atoms with Gasteiger partial charge in [-0.25, -0.2) is 22.3 Å². The lowest BCUT2D eigenvalue weighted by atomic mass is 9.96. The lowest BCUT2D eigenvalue weighted by Gasteiger charge is -2.29. The van der Waals surface area contributed by atoms with E-state index in [1.165, 1.54) is 0 Å². The molecule has 0 unspecified atom stereocenters. The summed E-state index contributed by atoms with van der Waals surface area (Å²) in [6.45, 7) is 3.52. The lowest BCUT2D eigenvalue weighted by molar-refractivity contribution is -0.140. The molecule has 1 saturated carbocycles. The van der Waals surface area contributed by atoms with E-state index in [2.05, 4.69) is 10.0 Å². The van der Waals surface area contributed by atoms with Gasteiger partial charge in [-0.3, -0.25) is 9.69 Å². The van der Waals surface area contributed by atoms with Crippen LogP contribution in [0, 0.1) is 11.7 Å². The average Bonchev–Trinajstić information content (AvgIpc) is 2.80. The highest BCUT2D eigenvalue weighted by Crippen LogP contribution is 2.34. The SMILES string of the molecule is CC(C)C[C@H](N)C(=O)N(CCCCNS(=O)(=O)c1ccc(F)cc1C(F)(F)F)C(=O)NC1CCCCC1. The third-order valence-corrected chi connectivity index (χ3v) is 7.64. The summed E-state index contributed by atoms with van der Waals surface area (Å²) in [5, 5.41) is 2.88. The normalized spacial score (nSPS) is 16.0. The minimum atomic E-state index is -5.06. The maximum absolute atomic E-state index is 13.3. The first-order valence-corrected chi connectivity index (χ1v) is 13.9. The molecular weight excluding hydrogens is 516 g/mol. The number of alkyl halides is 3. The number of carbonyl (C=O) groups excluding carboxylic acids is 2. The van der Waals surface area contributed by atoms with Crippen molar-refractivity contribution < 1.29 is 35.6 Å². The van der Waals surface area contributed by atoms with Gasteiger partial charge in [-0.1, -0.05) is 33.1 Å². The molecule has 37 heavy (non-hydrogen) atoms. The van der Waals surface area contributed by atoms with Gasteiger partial charge in [0.15, 0.2) is 0 Å². The minimum absolute atomic E-state index is 0.0325. The van der Waals surface area contributed by atoms with E-state index in [4.69, 9.17) is 5.73 Å². The molecule has 0 saturated heterocycles. The van der Waals surface area contributed by atoms with Crippen molar-refractivity contribution in [1.82, 2.24) is 14.9 Å². The highest BCUT2D eigenvalue weighted by Gasteiger charge is 2.37. The molecule has 1 atom stereocenters. The summed E-state index contributed by atoms with van der Waals surface area (Å²) in [6.07, 6.45) is 0.322. The van der Waals surface area contributed by atoms with Gasteiger partial charge in [0.05, 0.1) is 16.5 Å². The standard InChI is InChI=1S/C24H36F4N4O4S/c1-16(2)14-20(29)22(33)32(23(34)31-18-8-4-3-5-9-18)13-7-6-12-30-37(35,36)21-11-10-17(25)15-19(21)24(26,27)28/h10-11,15-16,18,20,30H,3-9,12-14,29H2,1-2H3,(H,31,34)/t20-/m0/s1. The molecule has 1 aromatic carbocycles. The monoisotopic (exact) mass is 552 g/mol. The van der Waals surface area contributed by atoms with Gasteiger partial charge < -0.3 is 11.1 Å². The number of benzene rings is 1. The van der Waals surface area contributed by atoms with Crippen LogP contribution < -0.4 is 15.8 Å². The predicted molar refractivity (Wildman–Crippen MR) is 130 cm³/mol. The zero-order valence-corrected chi connectivity index (χ0v) is 21.9. The number of carbonyl (C=O) groups is 2. The number of imide groups is 1. The van der Waals surface area contributed by atoms with Crippen LogP contribution in [0.3, 0.4) is 0 Å². The van der Waals surface area contributed by atoms with Crippen molar-refractivity contribution in [3.63, 3.8) is 0 Å². The van der Waals surface area contributed by atoms with Gasteiger partial charge in [-0.2, -0.15) is 13.2 Å². The molecule has 4 N–H and O–H groups in total. The number of unbranched alkanes of at least 4 members (excludes halogenated alkanes) is 1. The van der Waals surface area contributed by atoms with Crippen LogP contribution in [-0.4, -0.2) is 50.4 Å². The van der Waals surface area contributed by atoms with Crippen LogP contribution in [0.25, 0.3) is 0 Å². The van der Waals surface area contributed by atoms with Crippen LogP contribution in [0.2, 0.25) is 0 Å². The molecule has 13 heteroatoms. The first kappa shape index (κ1) is 31.0. The van der Waals surface area contributed by atoms with Crippen molar-refractivity contribution >= 4 is 22.0 Å². The number of sulfonamides is 1. The first-order chi connectivity index (χ1) is 17.2. The van der Waals surface area contributed by atoms with Crippen LogP contribution in [0.15, 0.2) is 23.1 Å². The molecule has 0 radical (unpaired) electrons. The fourth-order valence-corrected chi connectivity index (χ4v) is 5.54. The zero-order valence-electron chi connectivity index (χ0n) is 21.1. The predicted octanol–water partition coefficient (Wildman–Crippen LogP) is 4.15. The van der Waals surface area contributed by atoms with Crippen molar-refractivity contribution in [2.45, 2.75) is 88.4 Å². The Morgan fingerprint density at radius 2 is 1.78 bits per heavy atom. The molecule has 210 valence electrons. The van der Waals surface area contributed by atoms with E-state index in [0.29, 0.717) is 18.6 Å². The van der Waals surface area contributed by atoms with Gasteiger partial charge in [0.2, 0.25) is 15.9 Å². The summed E-state index contributed by atoms with van der Waals surface area (Å²) in [5.41, 5.74) is 4.42. The van der Waals surface area contributed by atoms with Crippen molar-refractivity contribution in [3.8, 4) is 0 Å². The first-order valence-electron chi connectivity index (χ1n) is 12.5. The molecule has 0 spiro atoms. The van der Waals surface area contributed by atoms with Crippen LogP contribution in [0.1, 0.15) is 70.8 Å². The second-order valence-corrected chi connectivity index (χ2v) is 11.5. The maximum Gasteiger partial charge on any atom is 0.417 e. The van der Waals surface area contributed by atoms with Gasteiger partial charge >= 0.3 is 12.2 Å². The van der Waals surface area contributed by atoms with E-state index in [1.54, 1.807) is 0 Å². The lowest BCUT2D eigenvalue weighted by Crippen LogP contribution is -2.53. The second-order valence-electron chi connectivity index (χ2n) is 9.75. The third kappa shape index (κ3) is 9.53. The number of hydrogen-bond donors (Lipinski definition) is 3. The van der Waals surface area contributed by atoms with Crippen LogP contribution in [0.5, 0.6) is 0 Å². The molecule has 0 heterocycles.